The highest BCUT2D eigenvalue weighted by Gasteiger charge is 2.32. The molecule has 0 unspecified atom stereocenters. The summed E-state index contributed by atoms with van der Waals surface area (Å²) < 4.78 is 28.4. The highest BCUT2D eigenvalue weighted by molar-refractivity contribution is 7.89. The summed E-state index contributed by atoms with van der Waals surface area (Å²) in [5.41, 5.74) is 5.62. The molecule has 0 amide bonds. The van der Waals surface area contributed by atoms with Crippen molar-refractivity contribution in [3.63, 3.8) is 0 Å². The summed E-state index contributed by atoms with van der Waals surface area (Å²) in [6, 6.07) is 0. The Balaban J connectivity index is 2.17. The summed E-state index contributed by atoms with van der Waals surface area (Å²) in [7, 11) is -3.51. The molecule has 1 aliphatic rings. The van der Waals surface area contributed by atoms with Gasteiger partial charge in [-0.25, -0.2) is 13.4 Å². The first kappa shape index (κ1) is 15.4. The van der Waals surface area contributed by atoms with Gasteiger partial charge in [-0.3, -0.25) is 0 Å². The highest BCUT2D eigenvalue weighted by Crippen LogP contribution is 2.23. The van der Waals surface area contributed by atoms with Crippen LogP contribution in [-0.2, 0) is 16.6 Å². The molecule has 0 radical (unpaired) electrons. The van der Waals surface area contributed by atoms with Gasteiger partial charge in [0, 0.05) is 31.7 Å². The van der Waals surface area contributed by atoms with Gasteiger partial charge in [0.05, 0.1) is 4.99 Å². The van der Waals surface area contributed by atoms with Crippen LogP contribution in [0.3, 0.4) is 0 Å². The summed E-state index contributed by atoms with van der Waals surface area (Å²) in [6.45, 7) is 5.36. The number of nitrogens with zero attached hydrogens (tertiary/aromatic N) is 3. The van der Waals surface area contributed by atoms with Gasteiger partial charge < -0.3 is 10.3 Å². The van der Waals surface area contributed by atoms with Crippen LogP contribution in [0, 0.1) is 12.8 Å². The van der Waals surface area contributed by atoms with Crippen molar-refractivity contribution in [3.8, 4) is 0 Å². The number of piperidine rings is 1. The number of sulfonamides is 1. The molecule has 0 bridgehead atoms. The lowest BCUT2D eigenvalue weighted by Gasteiger charge is -2.29. The first-order valence-electron chi connectivity index (χ1n) is 6.69. The molecular weight excluding hydrogens is 296 g/mol. The van der Waals surface area contributed by atoms with Crippen LogP contribution in [0.4, 0.5) is 0 Å². The molecule has 0 saturated carbocycles. The van der Waals surface area contributed by atoms with Gasteiger partial charge in [-0.05, 0) is 26.7 Å². The molecule has 0 aliphatic carbocycles. The Morgan fingerprint density at radius 2 is 2.10 bits per heavy atom. The summed E-state index contributed by atoms with van der Waals surface area (Å²) >= 11 is 4.97. The lowest BCUT2D eigenvalue weighted by molar-refractivity contribution is 0.316. The van der Waals surface area contributed by atoms with Crippen LogP contribution in [0.15, 0.2) is 11.2 Å². The second-order valence-electron chi connectivity index (χ2n) is 4.99. The molecule has 8 heteroatoms. The predicted molar refractivity (Wildman–Crippen MR) is 80.9 cm³/mol. The van der Waals surface area contributed by atoms with E-state index in [9.17, 15) is 8.42 Å². The predicted octanol–water partition coefficient (Wildman–Crippen LogP) is 0.898. The highest BCUT2D eigenvalue weighted by atomic mass is 32.2. The van der Waals surface area contributed by atoms with Gasteiger partial charge in [-0.1, -0.05) is 12.2 Å². The minimum atomic E-state index is -3.51. The smallest absolute Gasteiger partial charge is 0.262 e. The van der Waals surface area contributed by atoms with Gasteiger partial charge in [-0.2, -0.15) is 4.31 Å². The fraction of sp³-hybridized carbons (Fsp3) is 0.667. The summed E-state index contributed by atoms with van der Waals surface area (Å²) in [5.74, 6) is 0.857. The second-order valence-corrected chi connectivity index (χ2v) is 7.35. The molecule has 6 nitrogen and oxygen atoms in total. The average Bonchev–Trinajstić information content (AvgIpc) is 2.80. The van der Waals surface area contributed by atoms with E-state index in [0.717, 1.165) is 0 Å². The fourth-order valence-corrected chi connectivity index (χ4v) is 4.14. The SMILES string of the molecule is CCn1cc(S(=O)(=O)N2CCC(C(N)=S)CC2)nc1C. The lowest BCUT2D eigenvalue weighted by Crippen LogP contribution is -2.41. The molecule has 0 atom stereocenters. The summed E-state index contributed by atoms with van der Waals surface area (Å²) in [4.78, 5) is 4.65. The van der Waals surface area contributed by atoms with E-state index in [4.69, 9.17) is 18.0 Å². The third-order valence-electron chi connectivity index (χ3n) is 3.76. The molecule has 0 aromatic carbocycles. The first-order valence-corrected chi connectivity index (χ1v) is 8.54. The number of imidazole rings is 1. The minimum Gasteiger partial charge on any atom is -0.393 e. The van der Waals surface area contributed by atoms with Crippen LogP contribution in [0.25, 0.3) is 0 Å². The standard InChI is InChI=1S/C12H20N4O2S2/c1-3-15-8-11(14-9(15)2)20(17,18)16-6-4-10(5-7-16)12(13)19/h8,10H,3-7H2,1-2H3,(H2,13,19). The maximum atomic E-state index is 12.5. The molecule has 2 rings (SSSR count). The van der Waals surface area contributed by atoms with E-state index in [0.29, 0.717) is 43.3 Å². The van der Waals surface area contributed by atoms with Crippen LogP contribution >= 0.6 is 12.2 Å². The van der Waals surface area contributed by atoms with Gasteiger partial charge in [0.1, 0.15) is 5.82 Å². The number of nitrogens with two attached hydrogens (primary N) is 1. The average molecular weight is 316 g/mol. The number of hydrogen-bond acceptors (Lipinski definition) is 4. The molecule has 1 aromatic rings. The Bertz CT molecular complexity index is 601. The molecule has 0 spiro atoms. The number of thiocarbonyl (C=S) groups is 1. The van der Waals surface area contributed by atoms with Crippen molar-refractivity contribution in [2.24, 2.45) is 11.7 Å². The van der Waals surface area contributed by atoms with Crippen LogP contribution in [0.2, 0.25) is 0 Å². The molecule has 20 heavy (non-hydrogen) atoms. The minimum absolute atomic E-state index is 0.130. The third-order valence-corrected chi connectivity index (χ3v) is 5.86. The van der Waals surface area contributed by atoms with E-state index in [-0.39, 0.29) is 10.9 Å². The Labute approximate surface area is 125 Å². The van der Waals surface area contributed by atoms with Crippen molar-refractivity contribution < 1.29 is 8.42 Å². The number of aryl methyl sites for hydroxylation is 2. The number of rotatable bonds is 4. The maximum absolute atomic E-state index is 12.5. The van der Waals surface area contributed by atoms with E-state index < -0.39 is 10.0 Å². The van der Waals surface area contributed by atoms with E-state index in [1.807, 2.05) is 18.4 Å². The van der Waals surface area contributed by atoms with Gasteiger partial charge in [0.2, 0.25) is 0 Å². The third kappa shape index (κ3) is 2.87. The molecule has 1 fully saturated rings. The number of aromatic nitrogens is 2. The van der Waals surface area contributed by atoms with Gasteiger partial charge >= 0.3 is 0 Å². The van der Waals surface area contributed by atoms with Crippen LogP contribution in [0.5, 0.6) is 0 Å². The second kappa shape index (κ2) is 5.79. The van der Waals surface area contributed by atoms with Crippen molar-refractivity contribution >= 4 is 27.2 Å². The monoisotopic (exact) mass is 316 g/mol. The maximum Gasteiger partial charge on any atom is 0.262 e. The van der Waals surface area contributed by atoms with Crippen molar-refractivity contribution in [3.05, 3.63) is 12.0 Å². The molecule has 2 N–H and O–H groups in total. The normalized spacial score (nSPS) is 18.3. The Morgan fingerprint density at radius 3 is 2.55 bits per heavy atom. The fourth-order valence-electron chi connectivity index (χ4n) is 2.44. The van der Waals surface area contributed by atoms with Crippen LogP contribution in [0.1, 0.15) is 25.6 Å². The van der Waals surface area contributed by atoms with Gasteiger partial charge in [0.15, 0.2) is 5.03 Å². The summed E-state index contributed by atoms with van der Waals surface area (Å²) in [6.07, 6.45) is 2.97. The van der Waals surface area contributed by atoms with E-state index in [1.54, 1.807) is 6.20 Å². The zero-order valence-corrected chi connectivity index (χ0v) is 13.4. The van der Waals surface area contributed by atoms with E-state index >= 15 is 0 Å². The zero-order valence-electron chi connectivity index (χ0n) is 11.7. The molecule has 1 saturated heterocycles. The van der Waals surface area contributed by atoms with E-state index in [2.05, 4.69) is 4.98 Å². The molecule has 1 aromatic heterocycles. The Kier molecular flexibility index (Phi) is 4.46. The quantitative estimate of drug-likeness (QED) is 0.835. The van der Waals surface area contributed by atoms with Gasteiger partial charge in [-0.15, -0.1) is 0 Å². The van der Waals surface area contributed by atoms with Crippen molar-refractivity contribution in [2.75, 3.05) is 13.1 Å². The van der Waals surface area contributed by atoms with E-state index in [1.165, 1.54) is 4.31 Å². The largest absolute Gasteiger partial charge is 0.393 e. The lowest BCUT2D eigenvalue weighted by atomic mass is 9.98. The van der Waals surface area contributed by atoms with Crippen molar-refractivity contribution in [2.45, 2.75) is 38.3 Å². The van der Waals surface area contributed by atoms with Gasteiger partial charge in [0.25, 0.3) is 10.0 Å². The first-order chi connectivity index (χ1) is 9.36. The van der Waals surface area contributed by atoms with Crippen LogP contribution < -0.4 is 5.73 Å². The molecule has 112 valence electrons. The Hall–Kier alpha value is -0.990. The van der Waals surface area contributed by atoms with Crippen LogP contribution in [-0.4, -0.2) is 40.4 Å². The number of hydrogen-bond donors (Lipinski definition) is 1. The summed E-state index contributed by atoms with van der Waals surface area (Å²) in [5, 5.41) is 0.130. The molecule has 2 heterocycles. The zero-order chi connectivity index (χ0) is 14.9. The van der Waals surface area contributed by atoms with Crippen molar-refractivity contribution in [1.29, 1.82) is 0 Å². The molecule has 1 aliphatic heterocycles. The Morgan fingerprint density at radius 1 is 1.50 bits per heavy atom. The van der Waals surface area contributed by atoms with Crippen molar-refractivity contribution in [1.82, 2.24) is 13.9 Å². The topological polar surface area (TPSA) is 81.2 Å². The molecular formula is C12H20N4O2S2.